The third-order valence-electron chi connectivity index (χ3n) is 2.90. The number of anilines is 1. The second-order valence-corrected chi connectivity index (χ2v) is 5.69. The average molecular weight is 360 g/mol. The number of nitrogens with zero attached hydrogens (tertiary/aromatic N) is 1. The second kappa shape index (κ2) is 10.5. The predicted molar refractivity (Wildman–Crippen MR) is 92.0 cm³/mol. The summed E-state index contributed by atoms with van der Waals surface area (Å²) in [6, 6.07) is 6.79. The number of rotatable bonds is 7. The molecule has 9 nitrogen and oxygen atoms in total. The maximum absolute atomic E-state index is 11.9. The van der Waals surface area contributed by atoms with Crippen molar-refractivity contribution in [1.82, 2.24) is 10.6 Å². The summed E-state index contributed by atoms with van der Waals surface area (Å²) in [5.74, 6) is -1.73. The number of nitrogens with one attached hydrogen (secondary N) is 3. The number of esters is 1. The van der Waals surface area contributed by atoms with Crippen molar-refractivity contribution in [3.8, 4) is 6.07 Å². The molecule has 0 fully saturated rings. The lowest BCUT2D eigenvalue weighted by Gasteiger charge is -2.09. The van der Waals surface area contributed by atoms with Gasteiger partial charge in [-0.2, -0.15) is 5.26 Å². The number of hydrogen-bond acceptors (Lipinski definition) is 6. The summed E-state index contributed by atoms with van der Waals surface area (Å²) in [6.45, 7) is 3.62. The van der Waals surface area contributed by atoms with Gasteiger partial charge >= 0.3 is 12.0 Å². The Morgan fingerprint density at radius 3 is 2.35 bits per heavy atom. The van der Waals surface area contributed by atoms with Crippen molar-refractivity contribution in [2.24, 2.45) is 5.92 Å². The van der Waals surface area contributed by atoms with E-state index in [9.17, 15) is 19.2 Å². The number of amides is 4. The molecular formula is C17H20N4O5. The van der Waals surface area contributed by atoms with Crippen molar-refractivity contribution >= 4 is 29.5 Å². The molecule has 0 saturated carbocycles. The van der Waals surface area contributed by atoms with Crippen LogP contribution in [0, 0.1) is 17.2 Å². The van der Waals surface area contributed by atoms with Gasteiger partial charge in [0.25, 0.3) is 5.91 Å². The van der Waals surface area contributed by atoms with E-state index in [1.54, 1.807) is 6.07 Å². The van der Waals surface area contributed by atoms with Crippen LogP contribution in [0.5, 0.6) is 0 Å². The van der Waals surface area contributed by atoms with Crippen LogP contribution in [0.1, 0.15) is 30.6 Å². The van der Waals surface area contributed by atoms with Crippen LogP contribution < -0.4 is 16.0 Å². The Morgan fingerprint density at radius 2 is 1.77 bits per heavy atom. The Hall–Kier alpha value is -3.41. The first-order valence-corrected chi connectivity index (χ1v) is 7.83. The molecule has 9 heteroatoms. The van der Waals surface area contributed by atoms with E-state index in [4.69, 9.17) is 10.00 Å². The number of urea groups is 1. The van der Waals surface area contributed by atoms with E-state index in [-0.39, 0.29) is 17.9 Å². The smallest absolute Gasteiger partial charge is 0.338 e. The summed E-state index contributed by atoms with van der Waals surface area (Å²) in [5.41, 5.74) is 0.585. The van der Waals surface area contributed by atoms with Crippen LogP contribution in [-0.2, 0) is 14.3 Å². The molecule has 0 aliphatic rings. The van der Waals surface area contributed by atoms with Crippen LogP contribution in [0.25, 0.3) is 0 Å². The molecule has 0 radical (unpaired) electrons. The summed E-state index contributed by atoms with van der Waals surface area (Å²) in [6.07, 6.45) is -0.274. The topological polar surface area (TPSA) is 137 Å². The Labute approximate surface area is 150 Å². The largest absolute Gasteiger partial charge is 0.452 e. The maximum atomic E-state index is 11.9. The lowest BCUT2D eigenvalue weighted by molar-refractivity contribution is -0.123. The van der Waals surface area contributed by atoms with E-state index < -0.39 is 30.4 Å². The molecule has 0 unspecified atom stereocenters. The van der Waals surface area contributed by atoms with Gasteiger partial charge in [-0.25, -0.2) is 9.59 Å². The summed E-state index contributed by atoms with van der Waals surface area (Å²) in [7, 11) is 0. The number of imide groups is 1. The lowest BCUT2D eigenvalue weighted by Crippen LogP contribution is -2.42. The average Bonchev–Trinajstić information content (AvgIpc) is 2.58. The van der Waals surface area contributed by atoms with Crippen LogP contribution in [0.3, 0.4) is 0 Å². The summed E-state index contributed by atoms with van der Waals surface area (Å²) in [4.78, 5) is 46.1. The van der Waals surface area contributed by atoms with Crippen LogP contribution in [0.15, 0.2) is 24.3 Å². The van der Waals surface area contributed by atoms with E-state index >= 15 is 0 Å². The molecule has 0 atom stereocenters. The first-order valence-electron chi connectivity index (χ1n) is 7.83. The van der Waals surface area contributed by atoms with Gasteiger partial charge in [-0.05, 0) is 30.2 Å². The van der Waals surface area contributed by atoms with Gasteiger partial charge in [0, 0.05) is 12.2 Å². The third-order valence-corrected chi connectivity index (χ3v) is 2.90. The highest BCUT2D eigenvalue weighted by atomic mass is 16.5. The molecule has 4 amide bonds. The summed E-state index contributed by atoms with van der Waals surface area (Å²) < 4.78 is 4.81. The molecule has 1 aromatic carbocycles. The van der Waals surface area contributed by atoms with Gasteiger partial charge in [0.2, 0.25) is 5.91 Å². The van der Waals surface area contributed by atoms with Crippen molar-refractivity contribution in [3.05, 3.63) is 29.8 Å². The van der Waals surface area contributed by atoms with Crippen LogP contribution in [0.2, 0.25) is 0 Å². The number of hydrogen-bond donors (Lipinski definition) is 3. The molecule has 26 heavy (non-hydrogen) atoms. The van der Waals surface area contributed by atoms with Crippen LogP contribution >= 0.6 is 0 Å². The fraction of sp³-hybridized carbons (Fsp3) is 0.353. The van der Waals surface area contributed by atoms with E-state index in [1.165, 1.54) is 24.3 Å². The molecule has 3 N–H and O–H groups in total. The minimum Gasteiger partial charge on any atom is -0.452 e. The van der Waals surface area contributed by atoms with Crippen molar-refractivity contribution in [3.63, 3.8) is 0 Å². The first-order chi connectivity index (χ1) is 12.3. The fourth-order valence-corrected chi connectivity index (χ4v) is 1.68. The zero-order valence-electron chi connectivity index (χ0n) is 14.5. The van der Waals surface area contributed by atoms with Gasteiger partial charge in [-0.15, -0.1) is 0 Å². The number of ether oxygens (including phenoxy) is 1. The van der Waals surface area contributed by atoms with E-state index in [0.717, 1.165) is 0 Å². The minimum atomic E-state index is -0.752. The maximum Gasteiger partial charge on any atom is 0.338 e. The number of carbonyl (C=O) groups excluding carboxylic acids is 4. The number of benzene rings is 1. The predicted octanol–water partition coefficient (Wildman–Crippen LogP) is 1.18. The van der Waals surface area contributed by atoms with E-state index in [1.807, 2.05) is 19.2 Å². The summed E-state index contributed by atoms with van der Waals surface area (Å²) in [5, 5.41) is 15.4. The molecule has 0 aliphatic carbocycles. The highest BCUT2D eigenvalue weighted by Gasteiger charge is 2.13. The Balaban J connectivity index is 2.43. The van der Waals surface area contributed by atoms with Gasteiger partial charge in [-0.3, -0.25) is 14.9 Å². The zero-order chi connectivity index (χ0) is 19.5. The Morgan fingerprint density at radius 1 is 1.12 bits per heavy atom. The molecule has 1 aromatic rings. The van der Waals surface area contributed by atoms with Gasteiger partial charge < -0.3 is 15.4 Å². The van der Waals surface area contributed by atoms with Gasteiger partial charge in [0.15, 0.2) is 6.61 Å². The molecule has 0 bridgehead atoms. The highest BCUT2D eigenvalue weighted by molar-refractivity contribution is 5.97. The minimum absolute atomic E-state index is 0.167. The first kappa shape index (κ1) is 20.6. The molecule has 0 aromatic heterocycles. The van der Waals surface area contributed by atoms with E-state index in [0.29, 0.717) is 12.2 Å². The monoisotopic (exact) mass is 360 g/mol. The van der Waals surface area contributed by atoms with Gasteiger partial charge in [0.1, 0.15) is 6.42 Å². The molecular weight excluding hydrogens is 340 g/mol. The van der Waals surface area contributed by atoms with Crippen molar-refractivity contribution in [2.45, 2.75) is 20.3 Å². The molecule has 0 aliphatic heterocycles. The fourth-order valence-electron chi connectivity index (χ4n) is 1.68. The zero-order valence-corrected chi connectivity index (χ0v) is 14.5. The summed E-state index contributed by atoms with van der Waals surface area (Å²) >= 11 is 0. The Bertz CT molecular complexity index is 707. The highest BCUT2D eigenvalue weighted by Crippen LogP contribution is 2.10. The van der Waals surface area contributed by atoms with Crippen LogP contribution in [-0.4, -0.2) is 37.0 Å². The van der Waals surface area contributed by atoms with E-state index in [2.05, 4.69) is 10.6 Å². The van der Waals surface area contributed by atoms with Crippen molar-refractivity contribution in [2.75, 3.05) is 18.5 Å². The third kappa shape index (κ3) is 7.92. The van der Waals surface area contributed by atoms with Crippen molar-refractivity contribution < 1.29 is 23.9 Å². The lowest BCUT2D eigenvalue weighted by atomic mass is 10.2. The van der Waals surface area contributed by atoms with Gasteiger partial charge in [0.05, 0.1) is 11.6 Å². The molecule has 1 rings (SSSR count). The number of nitriles is 1. The standard InChI is InChI=1S/C17H20N4O5/c1-11(2)9-19-17(25)21-15(23)10-26-16(24)12-3-5-13(6-4-12)20-14(22)7-8-18/h3-6,11H,7,9-10H2,1-2H3,(H,20,22)(H2,19,21,23,25). The Kier molecular flexibility index (Phi) is 8.30. The normalized spacial score (nSPS) is 9.77. The molecule has 0 heterocycles. The van der Waals surface area contributed by atoms with Crippen molar-refractivity contribution in [1.29, 1.82) is 5.26 Å². The van der Waals surface area contributed by atoms with Gasteiger partial charge in [-0.1, -0.05) is 13.8 Å². The molecule has 0 spiro atoms. The van der Waals surface area contributed by atoms with Crippen LogP contribution in [0.4, 0.5) is 10.5 Å². The molecule has 138 valence electrons. The molecule has 0 saturated heterocycles. The second-order valence-electron chi connectivity index (χ2n) is 5.69. The SMILES string of the molecule is CC(C)CNC(=O)NC(=O)COC(=O)c1ccc(NC(=O)CC#N)cc1. The quantitative estimate of drug-likeness (QED) is 0.624. The number of carbonyl (C=O) groups is 4.